The Hall–Kier alpha value is -3.34. The fraction of sp³-hybridized carbons (Fsp3) is 0.429. The molecule has 0 bridgehead atoms. The lowest BCUT2D eigenvalue weighted by molar-refractivity contribution is -0.384. The van der Waals surface area contributed by atoms with Gasteiger partial charge in [0, 0.05) is 62.5 Å². The molecule has 10 nitrogen and oxygen atoms in total. The largest absolute Gasteiger partial charge is 0.367 e. The van der Waals surface area contributed by atoms with E-state index >= 15 is 0 Å². The van der Waals surface area contributed by atoms with E-state index in [9.17, 15) is 24.5 Å². The first kappa shape index (κ1) is 23.3. The molecule has 32 heavy (non-hydrogen) atoms. The maximum Gasteiger partial charge on any atom is 0.270 e. The number of hydrogen-bond donors (Lipinski definition) is 1. The molecule has 2 heterocycles. The zero-order chi connectivity index (χ0) is 23.6. The highest BCUT2D eigenvalue weighted by molar-refractivity contribution is 7.80. The number of nitrogens with zero attached hydrogens (tertiary/aromatic N) is 4. The Morgan fingerprint density at radius 1 is 1.28 bits per heavy atom. The Kier molecular flexibility index (Phi) is 6.87. The topological polar surface area (TPSA) is 116 Å². The Morgan fingerprint density at radius 2 is 1.94 bits per heavy atom. The van der Waals surface area contributed by atoms with Crippen molar-refractivity contribution in [3.8, 4) is 0 Å². The number of nitro groups is 1. The fourth-order valence-electron chi connectivity index (χ4n) is 3.73. The Bertz CT molecular complexity index is 1020. The number of nitrogens with one attached hydrogen (secondary N) is 1. The number of amides is 3. The molecule has 0 aliphatic carbocycles. The molecule has 170 valence electrons. The lowest BCUT2D eigenvalue weighted by Crippen LogP contribution is -2.56. The second-order valence-corrected chi connectivity index (χ2v) is 8.13. The molecular weight excluding hydrogens is 434 g/mol. The molecule has 2 aliphatic heterocycles. The van der Waals surface area contributed by atoms with Crippen molar-refractivity contribution in [3.05, 3.63) is 39.4 Å². The van der Waals surface area contributed by atoms with Crippen LogP contribution >= 0.6 is 12.2 Å². The highest BCUT2D eigenvalue weighted by atomic mass is 32.1. The summed E-state index contributed by atoms with van der Waals surface area (Å²) in [6.07, 6.45) is 2.02. The summed E-state index contributed by atoms with van der Waals surface area (Å²) in [7, 11) is 0. The van der Waals surface area contributed by atoms with E-state index in [1.165, 1.54) is 30.0 Å². The van der Waals surface area contributed by atoms with Crippen molar-refractivity contribution >= 4 is 52.5 Å². The first-order chi connectivity index (χ1) is 15.1. The number of anilines is 1. The number of piperazine rings is 1. The van der Waals surface area contributed by atoms with E-state index in [1.807, 2.05) is 18.7 Å². The molecule has 1 unspecified atom stereocenters. The summed E-state index contributed by atoms with van der Waals surface area (Å²) in [6, 6.07) is 4.12. The van der Waals surface area contributed by atoms with Crippen LogP contribution in [0.3, 0.4) is 0 Å². The van der Waals surface area contributed by atoms with Gasteiger partial charge in [0.25, 0.3) is 17.5 Å². The van der Waals surface area contributed by atoms with Crippen molar-refractivity contribution in [2.45, 2.75) is 33.2 Å². The van der Waals surface area contributed by atoms with Crippen LogP contribution in [0.15, 0.2) is 23.8 Å². The average Bonchev–Trinajstić information content (AvgIpc) is 2.76. The summed E-state index contributed by atoms with van der Waals surface area (Å²) < 4.78 is 0. The minimum atomic E-state index is -0.640. The summed E-state index contributed by atoms with van der Waals surface area (Å²) in [6.45, 7) is 7.31. The van der Waals surface area contributed by atoms with Gasteiger partial charge in [-0.2, -0.15) is 0 Å². The maximum absolute atomic E-state index is 13.1. The number of hydrogen-bond acceptors (Lipinski definition) is 7. The number of nitro benzene ring substituents is 1. The Morgan fingerprint density at radius 3 is 2.50 bits per heavy atom. The van der Waals surface area contributed by atoms with E-state index in [0.29, 0.717) is 43.9 Å². The van der Waals surface area contributed by atoms with Gasteiger partial charge in [-0.3, -0.25) is 34.7 Å². The van der Waals surface area contributed by atoms with Crippen LogP contribution in [0, 0.1) is 10.1 Å². The van der Waals surface area contributed by atoms with Crippen LogP contribution in [0.2, 0.25) is 0 Å². The quantitative estimate of drug-likeness (QED) is 0.234. The highest BCUT2D eigenvalue weighted by Gasteiger charge is 2.36. The predicted molar refractivity (Wildman–Crippen MR) is 123 cm³/mol. The van der Waals surface area contributed by atoms with Gasteiger partial charge in [0.05, 0.1) is 4.92 Å². The highest BCUT2D eigenvalue weighted by Crippen LogP contribution is 2.30. The van der Waals surface area contributed by atoms with E-state index in [-0.39, 0.29) is 28.3 Å². The maximum atomic E-state index is 13.1. The lowest BCUT2D eigenvalue weighted by Gasteiger charge is -2.36. The molecule has 0 radical (unpaired) electrons. The third-order valence-corrected chi connectivity index (χ3v) is 6.05. The van der Waals surface area contributed by atoms with Crippen LogP contribution in [0.5, 0.6) is 0 Å². The standard InChI is InChI=1S/C21H25N5O5S/c1-4-13(2)25-20(29)17(19(28)22-21(25)32)12-15-11-16(26(30)31)5-6-18(15)24-9-7-23(8-10-24)14(3)27/h5-6,11-13H,4,7-10H2,1-3H3,(H,22,28,32)/b17-12-. The molecule has 3 amide bonds. The summed E-state index contributed by atoms with van der Waals surface area (Å²) in [5.74, 6) is -1.19. The van der Waals surface area contributed by atoms with Crippen molar-refractivity contribution in [2.24, 2.45) is 0 Å². The molecule has 1 aromatic carbocycles. The number of thiocarbonyl (C=S) groups is 1. The zero-order valence-corrected chi connectivity index (χ0v) is 19.0. The zero-order valence-electron chi connectivity index (χ0n) is 18.2. The minimum absolute atomic E-state index is 0.0127. The van der Waals surface area contributed by atoms with Crippen molar-refractivity contribution in [3.63, 3.8) is 0 Å². The van der Waals surface area contributed by atoms with Gasteiger partial charge in [0.2, 0.25) is 5.91 Å². The molecule has 0 saturated carbocycles. The molecule has 1 aromatic rings. The van der Waals surface area contributed by atoms with Crippen LogP contribution in [0.1, 0.15) is 32.8 Å². The van der Waals surface area contributed by atoms with E-state index in [2.05, 4.69) is 5.32 Å². The summed E-state index contributed by atoms with van der Waals surface area (Å²) in [5, 5.41) is 13.9. The predicted octanol–water partition coefficient (Wildman–Crippen LogP) is 1.69. The van der Waals surface area contributed by atoms with Crippen LogP contribution in [0.4, 0.5) is 11.4 Å². The number of carbonyl (C=O) groups is 3. The lowest BCUT2D eigenvalue weighted by atomic mass is 10.0. The number of benzene rings is 1. The van der Waals surface area contributed by atoms with Crippen LogP contribution < -0.4 is 10.2 Å². The molecule has 2 aliphatic rings. The summed E-state index contributed by atoms with van der Waals surface area (Å²) in [5.41, 5.74) is 0.741. The minimum Gasteiger partial charge on any atom is -0.367 e. The SMILES string of the molecule is CCC(C)N1C(=O)/C(=C\c2cc([N+](=O)[O-])ccc2N2CCN(C(C)=O)CC2)C(=O)NC1=S. The molecular formula is C21H25N5O5S. The normalized spacial score (nSPS) is 19.3. The fourth-order valence-corrected chi connectivity index (χ4v) is 4.09. The van der Waals surface area contributed by atoms with Gasteiger partial charge < -0.3 is 9.80 Å². The number of carbonyl (C=O) groups excluding carboxylic acids is 3. The molecule has 0 aromatic heterocycles. The van der Waals surface area contributed by atoms with Crippen LogP contribution in [-0.2, 0) is 14.4 Å². The average molecular weight is 460 g/mol. The molecule has 11 heteroatoms. The second-order valence-electron chi connectivity index (χ2n) is 7.74. The van der Waals surface area contributed by atoms with E-state index in [1.54, 1.807) is 11.0 Å². The van der Waals surface area contributed by atoms with Crippen LogP contribution in [-0.4, -0.2) is 69.8 Å². The smallest absolute Gasteiger partial charge is 0.270 e. The molecule has 2 saturated heterocycles. The molecule has 1 N–H and O–H groups in total. The summed E-state index contributed by atoms with van der Waals surface area (Å²) in [4.78, 5) is 53.2. The monoisotopic (exact) mass is 459 g/mol. The second kappa shape index (κ2) is 9.43. The summed E-state index contributed by atoms with van der Waals surface area (Å²) >= 11 is 5.17. The van der Waals surface area contributed by atoms with E-state index in [0.717, 1.165) is 0 Å². The first-order valence-electron chi connectivity index (χ1n) is 10.3. The molecule has 0 spiro atoms. The van der Waals surface area contributed by atoms with Crippen LogP contribution in [0.25, 0.3) is 6.08 Å². The van der Waals surface area contributed by atoms with Crippen molar-refractivity contribution < 1.29 is 19.3 Å². The van der Waals surface area contributed by atoms with Gasteiger partial charge in [-0.1, -0.05) is 6.92 Å². The third kappa shape index (κ3) is 4.62. The van der Waals surface area contributed by atoms with Gasteiger partial charge in [0.1, 0.15) is 5.57 Å². The first-order valence-corrected chi connectivity index (χ1v) is 10.7. The van der Waals surface area contributed by atoms with E-state index in [4.69, 9.17) is 12.2 Å². The van der Waals surface area contributed by atoms with Gasteiger partial charge >= 0.3 is 0 Å². The Balaban J connectivity index is 2.02. The molecule has 1 atom stereocenters. The number of non-ortho nitro benzene ring substituents is 1. The van der Waals surface area contributed by atoms with Gasteiger partial charge in [-0.15, -0.1) is 0 Å². The Labute approximate surface area is 191 Å². The van der Waals surface area contributed by atoms with Gasteiger partial charge in [-0.25, -0.2) is 0 Å². The third-order valence-electron chi connectivity index (χ3n) is 5.75. The molecule has 3 rings (SSSR count). The number of rotatable bonds is 5. The van der Waals surface area contributed by atoms with Gasteiger partial charge in [-0.05, 0) is 37.7 Å². The van der Waals surface area contributed by atoms with Crippen molar-refractivity contribution in [1.82, 2.24) is 15.1 Å². The van der Waals surface area contributed by atoms with Gasteiger partial charge in [0.15, 0.2) is 5.11 Å². The molecule has 2 fully saturated rings. The van der Waals surface area contributed by atoms with E-state index < -0.39 is 16.7 Å². The van der Waals surface area contributed by atoms with Crippen molar-refractivity contribution in [2.75, 3.05) is 31.1 Å². The van der Waals surface area contributed by atoms with Crippen molar-refractivity contribution in [1.29, 1.82) is 0 Å².